The van der Waals surface area contributed by atoms with Crippen molar-refractivity contribution in [3.8, 4) is 0 Å². The summed E-state index contributed by atoms with van der Waals surface area (Å²) in [6.07, 6.45) is 1.37. The van der Waals surface area contributed by atoms with Gasteiger partial charge in [0.1, 0.15) is 0 Å². The number of benzene rings is 2. The van der Waals surface area contributed by atoms with Gasteiger partial charge in [0.25, 0.3) is 17.5 Å². The number of nitro benzene ring substituents is 1. The molecule has 0 atom stereocenters. The number of ether oxygens (including phenoxy) is 1. The van der Waals surface area contributed by atoms with Gasteiger partial charge in [0.2, 0.25) is 0 Å². The fourth-order valence-corrected chi connectivity index (χ4v) is 2.58. The van der Waals surface area contributed by atoms with E-state index in [0.29, 0.717) is 5.69 Å². The number of hydrogen-bond acceptors (Lipinski definition) is 7. The van der Waals surface area contributed by atoms with E-state index in [2.05, 4.69) is 10.6 Å². The summed E-state index contributed by atoms with van der Waals surface area (Å²) < 4.78 is 9.92. The summed E-state index contributed by atoms with van der Waals surface area (Å²) >= 11 is 5.91. The number of rotatable bonds is 7. The van der Waals surface area contributed by atoms with Crippen LogP contribution in [0.15, 0.2) is 65.3 Å². The molecule has 3 aromatic rings. The lowest BCUT2D eigenvalue weighted by molar-refractivity contribution is -0.384. The fraction of sp³-hybridized carbons (Fsp3) is 0.0500. The Kier molecular flexibility index (Phi) is 6.63. The Morgan fingerprint density at radius 3 is 2.45 bits per heavy atom. The lowest BCUT2D eigenvalue weighted by Gasteiger charge is -2.08. The molecule has 2 amide bonds. The van der Waals surface area contributed by atoms with Crippen LogP contribution in [0.3, 0.4) is 0 Å². The molecule has 0 bridgehead atoms. The van der Waals surface area contributed by atoms with Gasteiger partial charge in [-0.3, -0.25) is 19.7 Å². The minimum Gasteiger partial charge on any atom is -0.459 e. The van der Waals surface area contributed by atoms with Crippen LogP contribution in [0, 0.1) is 10.1 Å². The zero-order valence-electron chi connectivity index (χ0n) is 15.7. The zero-order valence-corrected chi connectivity index (χ0v) is 16.4. The summed E-state index contributed by atoms with van der Waals surface area (Å²) in [5, 5.41) is 15.9. The van der Waals surface area contributed by atoms with Crippen molar-refractivity contribution in [2.75, 3.05) is 17.2 Å². The molecule has 0 spiro atoms. The SMILES string of the molecule is O=C(COC(=O)c1ccc(NC(=O)c2ccco2)cc1)Nc1cc([N+](=O)[O-])ccc1Cl. The molecule has 0 aliphatic carbocycles. The third kappa shape index (κ3) is 5.67. The summed E-state index contributed by atoms with van der Waals surface area (Å²) in [5.74, 6) is -1.81. The highest BCUT2D eigenvalue weighted by atomic mass is 35.5. The van der Waals surface area contributed by atoms with E-state index in [-0.39, 0.29) is 27.7 Å². The maximum absolute atomic E-state index is 12.1. The van der Waals surface area contributed by atoms with Crippen LogP contribution in [0.5, 0.6) is 0 Å². The second-order valence-corrected chi connectivity index (χ2v) is 6.46. The first-order valence-corrected chi connectivity index (χ1v) is 9.07. The lowest BCUT2D eigenvalue weighted by atomic mass is 10.2. The third-order valence-corrected chi connectivity index (χ3v) is 4.22. The molecule has 0 unspecified atom stereocenters. The largest absolute Gasteiger partial charge is 0.459 e. The summed E-state index contributed by atoms with van der Waals surface area (Å²) in [7, 11) is 0. The van der Waals surface area contributed by atoms with Gasteiger partial charge in [-0.2, -0.15) is 0 Å². The lowest BCUT2D eigenvalue weighted by Crippen LogP contribution is -2.21. The smallest absolute Gasteiger partial charge is 0.338 e. The summed E-state index contributed by atoms with van der Waals surface area (Å²) in [4.78, 5) is 46.2. The molecule has 2 aromatic carbocycles. The van der Waals surface area contributed by atoms with E-state index in [1.54, 1.807) is 6.07 Å². The Hall–Kier alpha value is -4.18. The Labute approximate surface area is 179 Å². The fourth-order valence-electron chi connectivity index (χ4n) is 2.41. The van der Waals surface area contributed by atoms with Gasteiger partial charge in [-0.05, 0) is 42.5 Å². The van der Waals surface area contributed by atoms with Crippen molar-refractivity contribution in [1.29, 1.82) is 0 Å². The number of halogens is 1. The highest BCUT2D eigenvalue weighted by molar-refractivity contribution is 6.33. The molecule has 1 aromatic heterocycles. The van der Waals surface area contributed by atoms with Crippen LogP contribution in [-0.4, -0.2) is 29.3 Å². The van der Waals surface area contributed by atoms with Crippen molar-refractivity contribution >= 4 is 46.4 Å². The van der Waals surface area contributed by atoms with E-state index >= 15 is 0 Å². The number of nitrogens with zero attached hydrogens (tertiary/aromatic N) is 1. The van der Waals surface area contributed by atoms with Gasteiger partial charge in [0, 0.05) is 17.8 Å². The minimum atomic E-state index is -0.774. The monoisotopic (exact) mass is 443 g/mol. The number of nitro groups is 1. The normalized spacial score (nSPS) is 10.2. The van der Waals surface area contributed by atoms with Crippen molar-refractivity contribution < 1.29 is 28.5 Å². The van der Waals surface area contributed by atoms with Gasteiger partial charge in [0.05, 0.1) is 27.5 Å². The highest BCUT2D eigenvalue weighted by Crippen LogP contribution is 2.26. The molecule has 0 fully saturated rings. The van der Waals surface area contributed by atoms with Gasteiger partial charge in [-0.25, -0.2) is 4.79 Å². The number of carbonyl (C=O) groups is 3. The van der Waals surface area contributed by atoms with Crippen molar-refractivity contribution in [2.24, 2.45) is 0 Å². The van der Waals surface area contributed by atoms with Crippen LogP contribution >= 0.6 is 11.6 Å². The number of hydrogen-bond donors (Lipinski definition) is 2. The molecule has 0 aliphatic heterocycles. The Balaban J connectivity index is 1.53. The average Bonchev–Trinajstić information content (AvgIpc) is 3.29. The first-order chi connectivity index (χ1) is 14.8. The van der Waals surface area contributed by atoms with Gasteiger partial charge in [-0.1, -0.05) is 11.6 Å². The summed E-state index contributed by atoms with van der Waals surface area (Å²) in [5.41, 5.74) is 0.345. The van der Waals surface area contributed by atoms with E-state index in [9.17, 15) is 24.5 Å². The van der Waals surface area contributed by atoms with Crippen molar-refractivity contribution in [2.45, 2.75) is 0 Å². The van der Waals surface area contributed by atoms with Crippen molar-refractivity contribution in [3.63, 3.8) is 0 Å². The van der Waals surface area contributed by atoms with E-state index in [4.69, 9.17) is 20.8 Å². The maximum Gasteiger partial charge on any atom is 0.338 e. The number of non-ortho nitro benzene ring substituents is 1. The van der Waals surface area contributed by atoms with Gasteiger partial charge < -0.3 is 19.8 Å². The molecule has 3 rings (SSSR count). The molecule has 11 heteroatoms. The van der Waals surface area contributed by atoms with Crippen LogP contribution in [-0.2, 0) is 9.53 Å². The number of furan rings is 1. The standard InChI is InChI=1S/C20H14ClN3O7/c21-15-8-7-14(24(28)29)10-16(15)23-18(25)11-31-20(27)12-3-5-13(6-4-12)22-19(26)17-2-1-9-30-17/h1-10H,11H2,(H,22,26)(H,23,25). The van der Waals surface area contributed by atoms with Crippen LogP contribution in [0.25, 0.3) is 0 Å². The summed E-state index contributed by atoms with van der Waals surface area (Å²) in [6, 6.07) is 12.4. The molecule has 31 heavy (non-hydrogen) atoms. The zero-order chi connectivity index (χ0) is 22.4. The molecule has 0 aliphatic rings. The van der Waals surface area contributed by atoms with Crippen LogP contribution in [0.2, 0.25) is 5.02 Å². The Bertz CT molecular complexity index is 1130. The Morgan fingerprint density at radius 1 is 1.06 bits per heavy atom. The molecule has 2 N–H and O–H groups in total. The predicted molar refractivity (Wildman–Crippen MR) is 110 cm³/mol. The molecular weight excluding hydrogens is 430 g/mol. The number of anilines is 2. The molecule has 158 valence electrons. The average molecular weight is 444 g/mol. The number of esters is 1. The highest BCUT2D eigenvalue weighted by Gasteiger charge is 2.15. The van der Waals surface area contributed by atoms with Crippen LogP contribution < -0.4 is 10.6 Å². The first-order valence-electron chi connectivity index (χ1n) is 8.69. The Morgan fingerprint density at radius 2 is 1.81 bits per heavy atom. The number of amides is 2. The van der Waals surface area contributed by atoms with E-state index in [1.807, 2.05) is 0 Å². The second kappa shape index (κ2) is 9.55. The van der Waals surface area contributed by atoms with E-state index in [0.717, 1.165) is 6.07 Å². The molecule has 0 radical (unpaired) electrons. The van der Waals surface area contributed by atoms with Crippen molar-refractivity contribution in [1.82, 2.24) is 0 Å². The summed E-state index contributed by atoms with van der Waals surface area (Å²) in [6.45, 7) is -0.630. The van der Waals surface area contributed by atoms with Crippen molar-refractivity contribution in [3.05, 3.63) is 87.3 Å². The maximum atomic E-state index is 12.1. The third-order valence-electron chi connectivity index (χ3n) is 3.89. The van der Waals surface area contributed by atoms with E-state index in [1.165, 1.54) is 48.7 Å². The molecule has 0 saturated carbocycles. The molecule has 0 saturated heterocycles. The number of carbonyl (C=O) groups excluding carboxylic acids is 3. The topological polar surface area (TPSA) is 141 Å². The predicted octanol–water partition coefficient (Wildman–Crippen LogP) is 3.89. The molecular formula is C20H14ClN3O7. The number of nitrogens with one attached hydrogen (secondary N) is 2. The van der Waals surface area contributed by atoms with Crippen LogP contribution in [0.4, 0.5) is 17.1 Å². The van der Waals surface area contributed by atoms with Gasteiger partial charge >= 0.3 is 5.97 Å². The first kappa shape index (κ1) is 21.5. The van der Waals surface area contributed by atoms with Gasteiger partial charge in [0.15, 0.2) is 12.4 Å². The molecule has 1 heterocycles. The van der Waals surface area contributed by atoms with Crippen LogP contribution in [0.1, 0.15) is 20.9 Å². The van der Waals surface area contributed by atoms with E-state index < -0.39 is 29.3 Å². The minimum absolute atomic E-state index is 0.0218. The van der Waals surface area contributed by atoms with Gasteiger partial charge in [-0.15, -0.1) is 0 Å². The quantitative estimate of drug-likeness (QED) is 0.320. The molecule has 10 nitrogen and oxygen atoms in total. The second-order valence-electron chi connectivity index (χ2n) is 6.05.